The van der Waals surface area contributed by atoms with Gasteiger partial charge in [0, 0.05) is 29.6 Å². The van der Waals surface area contributed by atoms with Crippen LogP contribution in [-0.4, -0.2) is 0 Å². The lowest BCUT2D eigenvalue weighted by Gasteiger charge is -2.00. The molecule has 0 spiro atoms. The van der Waals surface area contributed by atoms with Crippen LogP contribution in [0.1, 0.15) is 0 Å². The Bertz CT molecular complexity index is 942. The second-order valence-electron chi connectivity index (χ2n) is 5.34. The first-order valence-electron chi connectivity index (χ1n) is 7.79. The van der Waals surface area contributed by atoms with Gasteiger partial charge in [-0.1, -0.05) is 89.4 Å². The van der Waals surface area contributed by atoms with Gasteiger partial charge in [-0.15, -0.1) is 4.58 Å². The first kappa shape index (κ1) is 15.1. The average molecular weight is 347 g/mol. The van der Waals surface area contributed by atoms with Crippen LogP contribution in [0.25, 0.3) is 10.4 Å². The summed E-state index contributed by atoms with van der Waals surface area (Å²) in [7, 11) is 0. The quantitative estimate of drug-likeness (QED) is 0.406. The Kier molecular flexibility index (Phi) is 4.36. The van der Waals surface area contributed by atoms with Crippen LogP contribution in [0, 0.1) is 0 Å². The van der Waals surface area contributed by atoms with E-state index in [2.05, 4.69) is 101 Å². The zero-order valence-corrected chi connectivity index (χ0v) is 14.6. The molecule has 24 heavy (non-hydrogen) atoms. The zero-order valence-electron chi connectivity index (χ0n) is 13.0. The summed E-state index contributed by atoms with van der Waals surface area (Å²) in [6.07, 6.45) is 0. The molecule has 3 heteroatoms. The molecule has 0 saturated heterocycles. The van der Waals surface area contributed by atoms with Crippen LogP contribution < -0.4 is 8.56 Å². The van der Waals surface area contributed by atoms with E-state index in [1.54, 1.807) is 11.3 Å². The molecule has 1 aromatic heterocycles. The molecule has 116 valence electrons. The van der Waals surface area contributed by atoms with Crippen LogP contribution in [-0.2, 0) is 0 Å². The Balaban J connectivity index is 1.94. The Morgan fingerprint density at radius 3 is 1.62 bits per heavy atom. The maximum atomic E-state index is 2.32. The minimum absolute atomic E-state index is 1.18. The first-order chi connectivity index (χ1) is 11.9. The number of hydrogen-bond acceptors (Lipinski definition) is 2. The summed E-state index contributed by atoms with van der Waals surface area (Å²) in [4.78, 5) is 1.30. The van der Waals surface area contributed by atoms with Gasteiger partial charge in [-0.2, -0.15) is 0 Å². The van der Waals surface area contributed by atoms with Gasteiger partial charge in [0.05, 0.1) is 4.88 Å². The van der Waals surface area contributed by atoms with Crippen LogP contribution in [0.2, 0.25) is 0 Å². The second-order valence-corrected chi connectivity index (χ2v) is 7.49. The molecule has 1 heterocycles. The number of hydrogen-bond donors (Lipinski definition) is 0. The van der Waals surface area contributed by atoms with Gasteiger partial charge in [0.15, 0.2) is 0 Å². The van der Waals surface area contributed by atoms with E-state index in [1.165, 1.54) is 25.8 Å². The SMILES string of the molecule is c1ccc(-c2csc(=[N+](c3ccccc3)c3ccccc3)s2)cc1. The van der Waals surface area contributed by atoms with Gasteiger partial charge in [0.25, 0.3) is 0 Å². The van der Waals surface area contributed by atoms with Crippen molar-refractivity contribution in [1.82, 2.24) is 4.58 Å². The number of rotatable bonds is 3. The van der Waals surface area contributed by atoms with E-state index in [-0.39, 0.29) is 0 Å². The summed E-state index contributed by atoms with van der Waals surface area (Å²) in [5.74, 6) is 0. The molecule has 0 amide bonds. The molecule has 1 nitrogen and oxygen atoms in total. The predicted octanol–water partition coefficient (Wildman–Crippen LogP) is 5.91. The molecular weight excluding hydrogens is 330 g/mol. The summed E-state index contributed by atoms with van der Waals surface area (Å²) in [5, 5.41) is 2.24. The Labute approximate surface area is 149 Å². The zero-order chi connectivity index (χ0) is 16.2. The van der Waals surface area contributed by atoms with Gasteiger partial charge >= 0.3 is 3.98 Å². The highest BCUT2D eigenvalue weighted by molar-refractivity contribution is 7.28. The van der Waals surface area contributed by atoms with E-state index in [0.717, 1.165) is 0 Å². The lowest BCUT2D eigenvalue weighted by Crippen LogP contribution is -2.15. The van der Waals surface area contributed by atoms with Crippen LogP contribution >= 0.6 is 22.7 Å². The smallest absolute Gasteiger partial charge is 0.135 e. The molecule has 4 aromatic rings. The van der Waals surface area contributed by atoms with Crippen molar-refractivity contribution in [3.05, 3.63) is 100 Å². The third-order valence-corrected chi connectivity index (χ3v) is 6.09. The Morgan fingerprint density at radius 1 is 0.583 bits per heavy atom. The van der Waals surface area contributed by atoms with E-state index >= 15 is 0 Å². The number of benzene rings is 3. The van der Waals surface area contributed by atoms with Crippen molar-refractivity contribution >= 4 is 34.0 Å². The highest BCUT2D eigenvalue weighted by Gasteiger charge is 2.16. The maximum absolute atomic E-state index is 2.32. The first-order valence-corrected chi connectivity index (χ1v) is 9.49. The van der Waals surface area contributed by atoms with Gasteiger partial charge in [0.2, 0.25) is 11.4 Å². The standard InChI is InChI=1S/C21H16NS2/c1-4-10-17(11-5-1)20-16-23-21(24-20)22(18-12-6-2-7-13-18)19-14-8-3-9-15-19/h1-16H/q+1. The van der Waals surface area contributed by atoms with Gasteiger partial charge in [-0.3, -0.25) is 0 Å². The molecule has 0 bridgehead atoms. The van der Waals surface area contributed by atoms with E-state index < -0.39 is 0 Å². The van der Waals surface area contributed by atoms with Crippen molar-refractivity contribution in [1.29, 1.82) is 0 Å². The molecule has 0 aliphatic carbocycles. The lowest BCUT2D eigenvalue weighted by atomic mass is 10.2. The van der Waals surface area contributed by atoms with E-state index in [9.17, 15) is 0 Å². The maximum Gasteiger partial charge on any atom is 0.326 e. The van der Waals surface area contributed by atoms with E-state index in [1.807, 2.05) is 11.3 Å². The van der Waals surface area contributed by atoms with Crippen molar-refractivity contribution in [2.24, 2.45) is 0 Å². The summed E-state index contributed by atoms with van der Waals surface area (Å²) in [6, 6.07) is 31.6. The van der Waals surface area contributed by atoms with Crippen LogP contribution in [0.15, 0.2) is 96.4 Å². The molecule has 0 N–H and O–H groups in total. The third kappa shape index (κ3) is 3.09. The number of nitrogens with zero attached hydrogens (tertiary/aromatic N) is 1. The minimum Gasteiger partial charge on any atom is -0.135 e. The minimum atomic E-state index is 1.18. The Morgan fingerprint density at radius 2 is 1.08 bits per heavy atom. The average Bonchev–Trinajstić information content (AvgIpc) is 3.14. The fraction of sp³-hybridized carbons (Fsp3) is 0. The van der Waals surface area contributed by atoms with Crippen molar-refractivity contribution in [2.75, 3.05) is 0 Å². The summed E-state index contributed by atoms with van der Waals surface area (Å²) in [5.41, 5.74) is 3.63. The normalized spacial score (nSPS) is 10.5. The molecule has 4 rings (SSSR count). The van der Waals surface area contributed by atoms with E-state index in [0.29, 0.717) is 0 Å². The molecule has 0 aliphatic rings. The summed E-state index contributed by atoms with van der Waals surface area (Å²) >= 11 is 3.61. The molecule has 0 aliphatic heterocycles. The largest absolute Gasteiger partial charge is 0.326 e. The molecule has 0 fully saturated rings. The van der Waals surface area contributed by atoms with Gasteiger partial charge < -0.3 is 0 Å². The fourth-order valence-electron chi connectivity index (χ4n) is 2.59. The number of para-hydroxylation sites is 2. The molecule has 0 unspecified atom stereocenters. The molecule has 3 aromatic carbocycles. The third-order valence-electron chi connectivity index (χ3n) is 3.73. The van der Waals surface area contributed by atoms with Crippen molar-refractivity contribution in [2.45, 2.75) is 0 Å². The van der Waals surface area contributed by atoms with E-state index in [4.69, 9.17) is 0 Å². The van der Waals surface area contributed by atoms with Crippen molar-refractivity contribution in [3.63, 3.8) is 0 Å². The monoisotopic (exact) mass is 346 g/mol. The second kappa shape index (κ2) is 6.95. The molecule has 0 atom stereocenters. The Hall–Kier alpha value is -2.49. The summed E-state index contributed by atoms with van der Waals surface area (Å²) < 4.78 is 3.58. The van der Waals surface area contributed by atoms with Gasteiger partial charge in [-0.05, 0) is 5.56 Å². The molecule has 0 radical (unpaired) electrons. The van der Waals surface area contributed by atoms with Crippen molar-refractivity contribution < 1.29 is 0 Å². The van der Waals surface area contributed by atoms with Crippen molar-refractivity contribution in [3.8, 4) is 10.4 Å². The van der Waals surface area contributed by atoms with Crippen LogP contribution in [0.4, 0.5) is 11.4 Å². The fourth-order valence-corrected chi connectivity index (χ4v) is 4.94. The highest BCUT2D eigenvalue weighted by Crippen LogP contribution is 2.25. The van der Waals surface area contributed by atoms with Crippen LogP contribution in [0.3, 0.4) is 0 Å². The van der Waals surface area contributed by atoms with Gasteiger partial charge in [-0.25, -0.2) is 0 Å². The molecular formula is C21H16NS2+. The predicted molar refractivity (Wildman–Crippen MR) is 105 cm³/mol. The topological polar surface area (TPSA) is 3.01 Å². The molecule has 0 saturated carbocycles. The summed E-state index contributed by atoms with van der Waals surface area (Å²) in [6.45, 7) is 0. The lowest BCUT2D eigenvalue weighted by molar-refractivity contribution is 1.02. The van der Waals surface area contributed by atoms with Gasteiger partial charge in [0.1, 0.15) is 0 Å². The van der Waals surface area contributed by atoms with Crippen LogP contribution in [0.5, 0.6) is 0 Å². The highest BCUT2D eigenvalue weighted by atomic mass is 32.2.